The molecule has 0 bridgehead atoms. The molecule has 9 nitrogen and oxygen atoms in total. The van der Waals surface area contributed by atoms with Crippen LogP contribution in [-0.2, 0) is 28.7 Å². The lowest BCUT2D eigenvalue weighted by Crippen LogP contribution is -2.62. The molecule has 6 atom stereocenters. The third-order valence-electron chi connectivity index (χ3n) is 10.6. The van der Waals surface area contributed by atoms with Crippen LogP contribution in [0.1, 0.15) is 11.1 Å². The fraction of sp³-hybridized carbons (Fsp3) is 0.195. The minimum atomic E-state index is -1.98. The Morgan fingerprint density at radius 3 is 1.28 bits per heavy atom. The molecule has 0 N–H and O–H groups in total. The van der Waals surface area contributed by atoms with Gasteiger partial charge in [-0.3, -0.25) is 24.1 Å². The van der Waals surface area contributed by atoms with Crippen LogP contribution in [-0.4, -0.2) is 59.2 Å². The summed E-state index contributed by atoms with van der Waals surface area (Å²) in [5.41, 5.74) is 0.436. The topological polar surface area (TPSA) is 104 Å². The monoisotopic (exact) mass is 663 g/mol. The fourth-order valence-electron chi connectivity index (χ4n) is 8.71. The molecule has 0 radical (unpaired) electrons. The molecule has 4 heterocycles. The van der Waals surface area contributed by atoms with Crippen LogP contribution in [0, 0.1) is 23.7 Å². The number of esters is 1. The van der Waals surface area contributed by atoms with Crippen molar-refractivity contribution in [3.05, 3.63) is 145 Å². The van der Waals surface area contributed by atoms with Crippen molar-refractivity contribution < 1.29 is 28.7 Å². The highest BCUT2D eigenvalue weighted by Gasteiger charge is 2.83. The number of para-hydroxylation sites is 2. The summed E-state index contributed by atoms with van der Waals surface area (Å²) in [6, 6.07) is 34.4. The number of methoxy groups -OCH3 is 1. The summed E-state index contributed by atoms with van der Waals surface area (Å²) in [4.78, 5) is 77.6. The van der Waals surface area contributed by atoms with Gasteiger partial charge in [0.05, 0.1) is 42.2 Å². The highest BCUT2D eigenvalue weighted by atomic mass is 16.5. The van der Waals surface area contributed by atoms with Gasteiger partial charge in [-0.2, -0.15) is 0 Å². The Morgan fingerprint density at radius 1 is 0.560 bits per heavy atom. The summed E-state index contributed by atoms with van der Waals surface area (Å²) in [5.74, 6) is -7.75. The number of fused-ring (bicyclic) bond motifs is 5. The van der Waals surface area contributed by atoms with Gasteiger partial charge in [0.15, 0.2) is 0 Å². The van der Waals surface area contributed by atoms with Gasteiger partial charge in [0.25, 0.3) is 0 Å². The van der Waals surface area contributed by atoms with E-state index in [1.807, 2.05) is 85.0 Å². The van der Waals surface area contributed by atoms with E-state index in [4.69, 9.17) is 4.74 Å². The van der Waals surface area contributed by atoms with Gasteiger partial charge in [0.2, 0.25) is 23.6 Å². The number of carbonyl (C=O) groups is 5. The summed E-state index contributed by atoms with van der Waals surface area (Å²) in [7, 11) is 1.21. The zero-order valence-electron chi connectivity index (χ0n) is 27.1. The summed E-state index contributed by atoms with van der Waals surface area (Å²) in [5, 5.41) is 0. The zero-order chi connectivity index (χ0) is 34.6. The van der Waals surface area contributed by atoms with E-state index in [-0.39, 0.29) is 0 Å². The molecule has 4 aliphatic heterocycles. The van der Waals surface area contributed by atoms with Crippen molar-refractivity contribution >= 4 is 53.1 Å². The summed E-state index contributed by atoms with van der Waals surface area (Å²) in [6.07, 6.45) is 7.35. The van der Waals surface area contributed by atoms with Crippen LogP contribution in [0.2, 0.25) is 0 Å². The molecule has 4 aromatic carbocycles. The van der Waals surface area contributed by atoms with E-state index in [1.165, 1.54) is 7.11 Å². The van der Waals surface area contributed by atoms with Crippen molar-refractivity contribution in [3.63, 3.8) is 0 Å². The lowest BCUT2D eigenvalue weighted by Gasteiger charge is -2.40. The minimum absolute atomic E-state index is 0.365. The fourth-order valence-corrected chi connectivity index (χ4v) is 8.71. The highest BCUT2D eigenvalue weighted by Crippen LogP contribution is 2.63. The van der Waals surface area contributed by atoms with Gasteiger partial charge in [-0.25, -0.2) is 14.6 Å². The molecule has 0 unspecified atom stereocenters. The number of hydrogen-bond acceptors (Lipinski definition) is 7. The highest BCUT2D eigenvalue weighted by molar-refractivity contribution is 6.28. The van der Waals surface area contributed by atoms with Gasteiger partial charge < -0.3 is 4.74 Å². The quantitative estimate of drug-likeness (QED) is 0.203. The van der Waals surface area contributed by atoms with E-state index in [2.05, 4.69) is 0 Å². The first-order valence-corrected chi connectivity index (χ1v) is 16.6. The number of anilines is 2. The normalized spacial score (nSPS) is 27.0. The average molecular weight is 664 g/mol. The van der Waals surface area contributed by atoms with Crippen molar-refractivity contribution in [2.75, 3.05) is 16.9 Å². The second kappa shape index (κ2) is 12.2. The molecule has 9 heteroatoms. The number of amides is 4. The zero-order valence-corrected chi connectivity index (χ0v) is 27.1. The molecule has 4 fully saturated rings. The first-order valence-electron chi connectivity index (χ1n) is 16.6. The van der Waals surface area contributed by atoms with Crippen LogP contribution >= 0.6 is 0 Å². The SMILES string of the molecule is COC(=O)C12[C@@H]3C(=O)N(c4ccccc4)C(=O)[C@@H]3[C@H](/C=C/c3ccccc3)N1[C@@H](/C=C/c1ccccc1)[C@H]1C(=O)N(c3ccccc3)C(=O)[C@H]12. The molecule has 4 saturated heterocycles. The Morgan fingerprint density at radius 2 is 0.920 bits per heavy atom. The Bertz CT molecular complexity index is 1910. The van der Waals surface area contributed by atoms with Gasteiger partial charge in [-0.05, 0) is 35.4 Å². The van der Waals surface area contributed by atoms with Crippen molar-refractivity contribution in [3.8, 4) is 0 Å². The molecule has 50 heavy (non-hydrogen) atoms. The Kier molecular flexibility index (Phi) is 7.64. The first kappa shape index (κ1) is 31.3. The van der Waals surface area contributed by atoms with Crippen LogP contribution in [0.5, 0.6) is 0 Å². The lowest BCUT2D eigenvalue weighted by atomic mass is 9.70. The molecule has 0 spiro atoms. The summed E-state index contributed by atoms with van der Waals surface area (Å²) >= 11 is 0. The van der Waals surface area contributed by atoms with E-state index in [9.17, 15) is 24.0 Å². The maximum absolute atomic E-state index is 14.8. The van der Waals surface area contributed by atoms with Crippen LogP contribution < -0.4 is 9.80 Å². The van der Waals surface area contributed by atoms with Gasteiger partial charge in [-0.15, -0.1) is 0 Å². The van der Waals surface area contributed by atoms with E-state index < -0.39 is 70.9 Å². The van der Waals surface area contributed by atoms with Gasteiger partial charge in [0.1, 0.15) is 5.54 Å². The minimum Gasteiger partial charge on any atom is -0.468 e. The standard InChI is InChI=1S/C41H33N3O6/c1-50-40(49)41-34-32(36(45)42(38(34)47)28-18-10-4-11-19-28)30(24-22-26-14-6-2-7-15-26)44(41)31(25-23-27-16-8-3-9-17-27)33-35(41)39(48)43(37(33)46)29-20-12-5-13-21-29/h2-25,30-35H,1H3/b24-22+,25-23+/t30-,31-,32+,33+,34-,35-/m0/s1. The Labute approximate surface area is 289 Å². The number of nitrogens with zero attached hydrogens (tertiary/aromatic N) is 3. The van der Waals surface area contributed by atoms with E-state index in [0.29, 0.717) is 11.4 Å². The number of ether oxygens (including phenoxy) is 1. The third kappa shape index (κ3) is 4.46. The smallest absolute Gasteiger partial charge is 0.328 e. The Hall–Kier alpha value is -5.93. The number of benzene rings is 4. The molecule has 248 valence electrons. The van der Waals surface area contributed by atoms with Gasteiger partial charge in [-0.1, -0.05) is 121 Å². The summed E-state index contributed by atoms with van der Waals surface area (Å²) in [6.45, 7) is 0. The predicted octanol–water partition coefficient (Wildman–Crippen LogP) is 5.00. The number of imide groups is 2. The number of rotatable bonds is 7. The van der Waals surface area contributed by atoms with Crippen molar-refractivity contribution in [1.29, 1.82) is 0 Å². The number of carbonyl (C=O) groups excluding carboxylic acids is 5. The van der Waals surface area contributed by atoms with Crippen molar-refractivity contribution in [2.24, 2.45) is 23.7 Å². The van der Waals surface area contributed by atoms with Crippen molar-refractivity contribution in [2.45, 2.75) is 17.6 Å². The molecule has 0 aliphatic carbocycles. The van der Waals surface area contributed by atoms with E-state index in [0.717, 1.165) is 20.9 Å². The molecule has 4 aliphatic rings. The maximum Gasteiger partial charge on any atom is 0.328 e. The van der Waals surface area contributed by atoms with Crippen LogP contribution in [0.4, 0.5) is 11.4 Å². The second-order valence-electron chi connectivity index (χ2n) is 12.9. The molecule has 4 amide bonds. The Balaban J connectivity index is 1.38. The van der Waals surface area contributed by atoms with Crippen LogP contribution in [0.15, 0.2) is 133 Å². The third-order valence-corrected chi connectivity index (χ3v) is 10.6. The molecule has 0 aromatic heterocycles. The van der Waals surface area contributed by atoms with E-state index in [1.54, 1.807) is 65.6 Å². The van der Waals surface area contributed by atoms with Gasteiger partial charge >= 0.3 is 5.97 Å². The van der Waals surface area contributed by atoms with E-state index >= 15 is 0 Å². The molecule has 8 rings (SSSR count). The predicted molar refractivity (Wildman–Crippen MR) is 187 cm³/mol. The van der Waals surface area contributed by atoms with Crippen LogP contribution in [0.25, 0.3) is 12.2 Å². The molecular formula is C41H33N3O6. The maximum atomic E-state index is 14.8. The van der Waals surface area contributed by atoms with Crippen molar-refractivity contribution in [1.82, 2.24) is 4.90 Å². The molecule has 4 aromatic rings. The molecule has 0 saturated carbocycles. The number of hydrogen-bond donors (Lipinski definition) is 0. The largest absolute Gasteiger partial charge is 0.468 e. The summed E-state index contributed by atoms with van der Waals surface area (Å²) < 4.78 is 5.53. The second-order valence-corrected chi connectivity index (χ2v) is 12.9. The molecular weight excluding hydrogens is 630 g/mol. The average Bonchev–Trinajstić information content (AvgIpc) is 3.80. The van der Waals surface area contributed by atoms with Gasteiger partial charge in [0, 0.05) is 12.1 Å². The first-order chi connectivity index (χ1) is 24.4. The van der Waals surface area contributed by atoms with Crippen LogP contribution in [0.3, 0.4) is 0 Å². The lowest BCUT2D eigenvalue weighted by molar-refractivity contribution is -0.162.